The summed E-state index contributed by atoms with van der Waals surface area (Å²) in [4.78, 5) is 0.232. The van der Waals surface area contributed by atoms with Crippen molar-refractivity contribution in [3.05, 3.63) is 23.8 Å². The number of aliphatic hydroxyl groups is 1. The van der Waals surface area contributed by atoms with Gasteiger partial charge in [0.2, 0.25) is 10.0 Å². The van der Waals surface area contributed by atoms with Crippen LogP contribution in [0.1, 0.15) is 32.3 Å². The van der Waals surface area contributed by atoms with Crippen LogP contribution in [0.5, 0.6) is 5.75 Å². The van der Waals surface area contributed by atoms with Gasteiger partial charge in [0.15, 0.2) is 0 Å². The number of hydrogen-bond acceptors (Lipinski definition) is 4. The number of aryl methyl sites for hydroxylation is 1. The van der Waals surface area contributed by atoms with E-state index in [2.05, 4.69) is 4.72 Å². The van der Waals surface area contributed by atoms with Crippen LogP contribution in [0.25, 0.3) is 0 Å². The molecule has 1 atom stereocenters. The Labute approximate surface area is 121 Å². The van der Waals surface area contributed by atoms with Gasteiger partial charge in [-0.15, -0.1) is 0 Å². The molecule has 0 aliphatic carbocycles. The number of ether oxygens (including phenoxy) is 1. The first-order valence-electron chi connectivity index (χ1n) is 6.78. The number of aliphatic hydroxyl groups excluding tert-OH is 1. The van der Waals surface area contributed by atoms with Gasteiger partial charge >= 0.3 is 0 Å². The topological polar surface area (TPSA) is 75.6 Å². The largest absolute Gasteiger partial charge is 0.494 e. The summed E-state index contributed by atoms with van der Waals surface area (Å²) < 4.78 is 32.1. The van der Waals surface area contributed by atoms with Gasteiger partial charge in [-0.3, -0.25) is 0 Å². The smallest absolute Gasteiger partial charge is 0.240 e. The van der Waals surface area contributed by atoms with E-state index in [9.17, 15) is 8.42 Å². The highest BCUT2D eigenvalue weighted by Gasteiger charge is 2.14. The molecule has 0 radical (unpaired) electrons. The molecule has 1 rings (SSSR count). The van der Waals surface area contributed by atoms with E-state index in [1.807, 2.05) is 13.8 Å². The molecule has 0 amide bonds. The van der Waals surface area contributed by atoms with Crippen LogP contribution < -0.4 is 9.46 Å². The molecular formula is C14H23NO4S. The van der Waals surface area contributed by atoms with Gasteiger partial charge in [-0.05, 0) is 57.4 Å². The van der Waals surface area contributed by atoms with Crippen molar-refractivity contribution in [2.24, 2.45) is 0 Å². The summed E-state index contributed by atoms with van der Waals surface area (Å²) in [7, 11) is -3.50. The summed E-state index contributed by atoms with van der Waals surface area (Å²) in [6, 6.07) is 4.81. The zero-order valence-corrected chi connectivity index (χ0v) is 13.0. The quantitative estimate of drug-likeness (QED) is 0.718. The SMILES string of the molecule is CCOc1ccc(S(=O)(=O)NCCCC(C)O)cc1C. The van der Waals surface area contributed by atoms with E-state index in [0.29, 0.717) is 31.7 Å². The zero-order valence-electron chi connectivity index (χ0n) is 12.2. The van der Waals surface area contributed by atoms with Crippen molar-refractivity contribution in [3.63, 3.8) is 0 Å². The predicted octanol–water partition coefficient (Wildman–Crippen LogP) is 1.83. The summed E-state index contributed by atoms with van der Waals surface area (Å²) in [6.07, 6.45) is 0.768. The van der Waals surface area contributed by atoms with Gasteiger partial charge in [0.25, 0.3) is 0 Å². The first-order chi connectivity index (χ1) is 9.36. The first kappa shape index (κ1) is 16.9. The molecular weight excluding hydrogens is 278 g/mol. The highest BCUT2D eigenvalue weighted by molar-refractivity contribution is 7.89. The van der Waals surface area contributed by atoms with Gasteiger partial charge in [-0.25, -0.2) is 13.1 Å². The predicted molar refractivity (Wildman–Crippen MR) is 78.5 cm³/mol. The van der Waals surface area contributed by atoms with E-state index in [0.717, 1.165) is 5.56 Å². The minimum atomic E-state index is -3.50. The Balaban J connectivity index is 2.70. The molecule has 0 spiro atoms. The maximum atomic E-state index is 12.1. The summed E-state index contributed by atoms with van der Waals surface area (Å²) in [5.41, 5.74) is 0.790. The molecule has 1 unspecified atom stereocenters. The lowest BCUT2D eigenvalue weighted by Gasteiger charge is -2.11. The maximum Gasteiger partial charge on any atom is 0.240 e. The van der Waals surface area contributed by atoms with E-state index < -0.39 is 16.1 Å². The minimum absolute atomic E-state index is 0.232. The van der Waals surface area contributed by atoms with E-state index in [1.54, 1.807) is 19.1 Å². The van der Waals surface area contributed by atoms with Crippen molar-refractivity contribution in [1.29, 1.82) is 0 Å². The van der Waals surface area contributed by atoms with Crippen LogP contribution >= 0.6 is 0 Å². The maximum absolute atomic E-state index is 12.1. The van der Waals surface area contributed by atoms with Gasteiger partial charge in [0.05, 0.1) is 17.6 Å². The molecule has 0 aliphatic rings. The molecule has 0 fully saturated rings. The second-order valence-electron chi connectivity index (χ2n) is 4.75. The Morgan fingerprint density at radius 2 is 2.10 bits per heavy atom. The molecule has 2 N–H and O–H groups in total. The molecule has 1 aromatic rings. The Hall–Kier alpha value is -1.11. The van der Waals surface area contributed by atoms with Gasteiger partial charge in [0, 0.05) is 6.54 Å². The number of rotatable bonds is 8. The normalized spacial score (nSPS) is 13.2. The van der Waals surface area contributed by atoms with Crippen molar-refractivity contribution in [1.82, 2.24) is 4.72 Å². The molecule has 0 bridgehead atoms. The van der Waals surface area contributed by atoms with Crippen molar-refractivity contribution in [2.75, 3.05) is 13.2 Å². The molecule has 114 valence electrons. The Bertz CT molecular complexity index is 526. The third-order valence-corrected chi connectivity index (χ3v) is 4.31. The Kier molecular flexibility index (Phi) is 6.45. The fourth-order valence-electron chi connectivity index (χ4n) is 1.79. The van der Waals surface area contributed by atoms with E-state index in [-0.39, 0.29) is 4.90 Å². The summed E-state index contributed by atoms with van der Waals surface area (Å²) >= 11 is 0. The highest BCUT2D eigenvalue weighted by atomic mass is 32.2. The first-order valence-corrected chi connectivity index (χ1v) is 8.26. The van der Waals surface area contributed by atoms with Gasteiger partial charge < -0.3 is 9.84 Å². The molecule has 1 aromatic carbocycles. The van der Waals surface area contributed by atoms with Crippen LogP contribution in [-0.4, -0.2) is 32.8 Å². The average molecular weight is 301 g/mol. The van der Waals surface area contributed by atoms with Crippen LogP contribution in [0, 0.1) is 6.92 Å². The van der Waals surface area contributed by atoms with Crippen LogP contribution in [0.3, 0.4) is 0 Å². The summed E-state index contributed by atoms with van der Waals surface area (Å²) in [5, 5.41) is 9.13. The van der Waals surface area contributed by atoms with Crippen molar-refractivity contribution < 1.29 is 18.3 Å². The molecule has 0 saturated carbocycles. The molecule has 0 heterocycles. The molecule has 0 aromatic heterocycles. The average Bonchev–Trinajstić information content (AvgIpc) is 2.37. The van der Waals surface area contributed by atoms with E-state index in [1.165, 1.54) is 6.07 Å². The molecule has 5 nitrogen and oxygen atoms in total. The molecule has 0 saturated heterocycles. The number of benzene rings is 1. The molecule has 20 heavy (non-hydrogen) atoms. The lowest BCUT2D eigenvalue weighted by molar-refractivity contribution is 0.182. The number of nitrogens with one attached hydrogen (secondary N) is 1. The zero-order chi connectivity index (χ0) is 15.2. The van der Waals surface area contributed by atoms with Crippen LogP contribution in [0.15, 0.2) is 23.1 Å². The van der Waals surface area contributed by atoms with Gasteiger partial charge in [-0.2, -0.15) is 0 Å². The number of hydrogen-bond donors (Lipinski definition) is 2. The van der Waals surface area contributed by atoms with E-state index in [4.69, 9.17) is 9.84 Å². The Morgan fingerprint density at radius 3 is 2.65 bits per heavy atom. The summed E-state index contributed by atoms with van der Waals surface area (Å²) in [6.45, 7) is 6.25. The van der Waals surface area contributed by atoms with Gasteiger partial charge in [-0.1, -0.05) is 0 Å². The third kappa shape index (κ3) is 5.11. The fourth-order valence-corrected chi connectivity index (χ4v) is 2.95. The van der Waals surface area contributed by atoms with E-state index >= 15 is 0 Å². The number of sulfonamides is 1. The fraction of sp³-hybridized carbons (Fsp3) is 0.571. The Morgan fingerprint density at radius 1 is 1.40 bits per heavy atom. The van der Waals surface area contributed by atoms with Crippen molar-refractivity contribution in [3.8, 4) is 5.75 Å². The third-order valence-electron chi connectivity index (χ3n) is 2.85. The van der Waals surface area contributed by atoms with Crippen LogP contribution in [-0.2, 0) is 10.0 Å². The molecule has 6 heteroatoms. The minimum Gasteiger partial charge on any atom is -0.494 e. The lowest BCUT2D eigenvalue weighted by atomic mass is 10.2. The standard InChI is InChI=1S/C14H23NO4S/c1-4-19-14-8-7-13(10-11(14)2)20(17,18)15-9-5-6-12(3)16/h7-8,10,12,15-16H,4-6,9H2,1-3H3. The highest BCUT2D eigenvalue weighted by Crippen LogP contribution is 2.21. The molecule has 0 aliphatic heterocycles. The monoisotopic (exact) mass is 301 g/mol. The van der Waals surface area contributed by atoms with Crippen LogP contribution in [0.2, 0.25) is 0 Å². The van der Waals surface area contributed by atoms with Crippen molar-refractivity contribution >= 4 is 10.0 Å². The summed E-state index contributed by atoms with van der Waals surface area (Å²) in [5.74, 6) is 0.695. The second kappa shape index (κ2) is 7.61. The van der Waals surface area contributed by atoms with Gasteiger partial charge in [0.1, 0.15) is 5.75 Å². The lowest BCUT2D eigenvalue weighted by Crippen LogP contribution is -2.25. The second-order valence-corrected chi connectivity index (χ2v) is 6.52. The van der Waals surface area contributed by atoms with Crippen molar-refractivity contribution in [2.45, 2.75) is 44.6 Å². The van der Waals surface area contributed by atoms with Crippen LogP contribution in [0.4, 0.5) is 0 Å².